The van der Waals surface area contributed by atoms with Crippen LogP contribution in [0.15, 0.2) is 34.9 Å². The molecule has 4 atom stereocenters. The van der Waals surface area contributed by atoms with E-state index in [9.17, 15) is 0 Å². The molecule has 1 aromatic heterocycles. The Morgan fingerprint density at radius 3 is 2.80 bits per heavy atom. The summed E-state index contributed by atoms with van der Waals surface area (Å²) in [5.74, 6) is 3.01. The molecule has 4 heteroatoms. The van der Waals surface area contributed by atoms with E-state index in [1.807, 2.05) is 6.07 Å². The number of aromatic nitrogens is 2. The van der Waals surface area contributed by atoms with E-state index >= 15 is 0 Å². The summed E-state index contributed by atoms with van der Waals surface area (Å²) in [5.41, 5.74) is 1.23. The van der Waals surface area contributed by atoms with Crippen molar-refractivity contribution in [2.45, 2.75) is 25.2 Å². The predicted octanol–water partition coefficient (Wildman–Crippen LogP) is 2.64. The number of fused-ring (bicyclic) bond motifs is 2. The fraction of sp³-hybridized carbons (Fsp3) is 0.500. The average molecular weight is 269 g/mol. The van der Waals surface area contributed by atoms with Crippen molar-refractivity contribution in [1.29, 1.82) is 0 Å². The van der Waals surface area contributed by atoms with Crippen LogP contribution in [0, 0.1) is 5.92 Å². The Bertz CT molecular complexity index is 595. The number of hydrogen-bond acceptors (Lipinski definition) is 4. The molecule has 4 rings (SSSR count). The SMILES string of the molecule is CC(c1ccccc1)c1noc(C2CN3CCC2C3)n1. The second kappa shape index (κ2) is 4.70. The van der Waals surface area contributed by atoms with E-state index in [4.69, 9.17) is 4.52 Å². The van der Waals surface area contributed by atoms with E-state index in [2.05, 4.69) is 46.2 Å². The maximum absolute atomic E-state index is 5.56. The maximum Gasteiger partial charge on any atom is 0.231 e. The van der Waals surface area contributed by atoms with Gasteiger partial charge in [-0.3, -0.25) is 0 Å². The summed E-state index contributed by atoms with van der Waals surface area (Å²) in [5, 5.41) is 4.22. The number of piperidine rings is 1. The highest BCUT2D eigenvalue weighted by molar-refractivity contribution is 5.24. The van der Waals surface area contributed by atoms with Crippen LogP contribution in [0.25, 0.3) is 0 Å². The second-order valence-electron chi connectivity index (χ2n) is 6.04. The Morgan fingerprint density at radius 2 is 2.10 bits per heavy atom. The number of benzene rings is 1. The van der Waals surface area contributed by atoms with Crippen molar-refractivity contribution in [1.82, 2.24) is 15.0 Å². The molecule has 2 bridgehead atoms. The summed E-state index contributed by atoms with van der Waals surface area (Å²) < 4.78 is 5.56. The largest absolute Gasteiger partial charge is 0.339 e. The number of hydrogen-bond donors (Lipinski definition) is 0. The van der Waals surface area contributed by atoms with E-state index < -0.39 is 0 Å². The summed E-state index contributed by atoms with van der Waals surface area (Å²) in [6.45, 7) is 5.67. The zero-order chi connectivity index (χ0) is 13.5. The fourth-order valence-corrected chi connectivity index (χ4v) is 3.53. The van der Waals surface area contributed by atoms with Gasteiger partial charge in [-0.05, 0) is 24.4 Å². The molecule has 4 nitrogen and oxygen atoms in total. The molecule has 0 amide bonds. The van der Waals surface area contributed by atoms with Gasteiger partial charge in [0.2, 0.25) is 5.89 Å². The van der Waals surface area contributed by atoms with Crippen LogP contribution >= 0.6 is 0 Å². The molecule has 2 aliphatic rings. The van der Waals surface area contributed by atoms with Gasteiger partial charge in [0.25, 0.3) is 0 Å². The third-order valence-corrected chi connectivity index (χ3v) is 4.79. The lowest BCUT2D eigenvalue weighted by molar-refractivity contribution is 0.288. The molecule has 2 saturated heterocycles. The molecule has 0 aliphatic carbocycles. The molecule has 104 valence electrons. The van der Waals surface area contributed by atoms with Gasteiger partial charge in [-0.2, -0.15) is 4.98 Å². The summed E-state index contributed by atoms with van der Waals surface area (Å²) in [6.07, 6.45) is 1.27. The van der Waals surface area contributed by atoms with Crippen molar-refractivity contribution >= 4 is 0 Å². The fourth-order valence-electron chi connectivity index (χ4n) is 3.53. The van der Waals surface area contributed by atoms with Gasteiger partial charge in [-0.15, -0.1) is 0 Å². The normalized spacial score (nSPS) is 29.8. The Hall–Kier alpha value is -1.68. The standard InChI is InChI=1S/C16H19N3O/c1-11(12-5-3-2-4-6-12)15-17-16(20-18-15)14-10-19-8-7-13(14)9-19/h2-6,11,13-14H,7-10H2,1H3. The molecule has 4 unspecified atom stereocenters. The smallest absolute Gasteiger partial charge is 0.231 e. The van der Waals surface area contributed by atoms with Gasteiger partial charge >= 0.3 is 0 Å². The number of nitrogens with zero attached hydrogens (tertiary/aromatic N) is 3. The van der Waals surface area contributed by atoms with Crippen LogP contribution in [0.5, 0.6) is 0 Å². The zero-order valence-corrected chi connectivity index (χ0v) is 11.7. The molecule has 2 aromatic rings. The molecular weight excluding hydrogens is 250 g/mol. The first-order valence-electron chi connectivity index (χ1n) is 7.42. The van der Waals surface area contributed by atoms with Crippen LogP contribution < -0.4 is 0 Å². The highest BCUT2D eigenvalue weighted by Crippen LogP contribution is 2.39. The van der Waals surface area contributed by atoms with Gasteiger partial charge in [-0.25, -0.2) is 0 Å². The molecule has 3 heterocycles. The summed E-state index contributed by atoms with van der Waals surface area (Å²) in [7, 11) is 0. The zero-order valence-electron chi connectivity index (χ0n) is 11.7. The minimum Gasteiger partial charge on any atom is -0.339 e. The van der Waals surface area contributed by atoms with E-state index in [1.165, 1.54) is 25.1 Å². The Balaban J connectivity index is 1.56. The lowest BCUT2D eigenvalue weighted by Crippen LogP contribution is -2.22. The quantitative estimate of drug-likeness (QED) is 0.859. The van der Waals surface area contributed by atoms with Crippen molar-refractivity contribution in [3.63, 3.8) is 0 Å². The molecule has 2 fully saturated rings. The van der Waals surface area contributed by atoms with Crippen LogP contribution in [0.2, 0.25) is 0 Å². The first-order valence-corrected chi connectivity index (χ1v) is 7.42. The third-order valence-electron chi connectivity index (χ3n) is 4.79. The van der Waals surface area contributed by atoms with E-state index in [-0.39, 0.29) is 5.92 Å². The van der Waals surface area contributed by atoms with Crippen LogP contribution in [0.4, 0.5) is 0 Å². The highest BCUT2D eigenvalue weighted by atomic mass is 16.5. The molecular formula is C16H19N3O. The minimum atomic E-state index is 0.188. The molecule has 20 heavy (non-hydrogen) atoms. The topological polar surface area (TPSA) is 42.2 Å². The molecule has 0 saturated carbocycles. The average Bonchev–Trinajstić information content (AvgIpc) is 3.23. The Morgan fingerprint density at radius 1 is 1.25 bits per heavy atom. The van der Waals surface area contributed by atoms with Crippen molar-refractivity contribution in [3.05, 3.63) is 47.6 Å². The van der Waals surface area contributed by atoms with Crippen molar-refractivity contribution in [2.75, 3.05) is 19.6 Å². The molecule has 1 aromatic carbocycles. The summed E-state index contributed by atoms with van der Waals surface area (Å²) >= 11 is 0. The number of rotatable bonds is 3. The minimum absolute atomic E-state index is 0.188. The van der Waals surface area contributed by atoms with Crippen molar-refractivity contribution in [2.24, 2.45) is 5.92 Å². The highest BCUT2D eigenvalue weighted by Gasteiger charge is 2.41. The first kappa shape index (κ1) is 12.1. The van der Waals surface area contributed by atoms with Crippen LogP contribution in [-0.2, 0) is 0 Å². The third kappa shape index (κ3) is 1.95. The van der Waals surface area contributed by atoms with Gasteiger partial charge in [0.15, 0.2) is 5.82 Å². The Kier molecular flexibility index (Phi) is 2.84. The Labute approximate surface area is 118 Å². The van der Waals surface area contributed by atoms with Gasteiger partial charge in [0.1, 0.15) is 0 Å². The van der Waals surface area contributed by atoms with Crippen molar-refractivity contribution < 1.29 is 4.52 Å². The van der Waals surface area contributed by atoms with Crippen LogP contribution in [-0.4, -0.2) is 34.7 Å². The van der Waals surface area contributed by atoms with Gasteiger partial charge < -0.3 is 9.42 Å². The lowest BCUT2D eigenvalue weighted by atomic mass is 9.92. The molecule has 0 radical (unpaired) electrons. The van der Waals surface area contributed by atoms with E-state index in [0.29, 0.717) is 5.92 Å². The van der Waals surface area contributed by atoms with E-state index in [1.54, 1.807) is 0 Å². The predicted molar refractivity (Wildman–Crippen MR) is 75.5 cm³/mol. The monoisotopic (exact) mass is 269 g/mol. The summed E-state index contributed by atoms with van der Waals surface area (Å²) in [6, 6.07) is 10.4. The first-order chi connectivity index (χ1) is 9.81. The van der Waals surface area contributed by atoms with Crippen molar-refractivity contribution in [3.8, 4) is 0 Å². The molecule has 0 spiro atoms. The molecule has 0 N–H and O–H groups in total. The lowest BCUT2D eigenvalue weighted by Gasteiger charge is -2.18. The van der Waals surface area contributed by atoms with E-state index in [0.717, 1.165) is 24.2 Å². The van der Waals surface area contributed by atoms with Gasteiger partial charge in [-0.1, -0.05) is 42.4 Å². The summed E-state index contributed by atoms with van der Waals surface area (Å²) in [4.78, 5) is 7.18. The van der Waals surface area contributed by atoms with Crippen LogP contribution in [0.3, 0.4) is 0 Å². The van der Waals surface area contributed by atoms with Gasteiger partial charge in [0.05, 0.1) is 5.92 Å². The second-order valence-corrected chi connectivity index (χ2v) is 6.04. The van der Waals surface area contributed by atoms with Gasteiger partial charge in [0, 0.05) is 19.0 Å². The molecule has 2 aliphatic heterocycles. The maximum atomic E-state index is 5.56. The van der Waals surface area contributed by atoms with Crippen LogP contribution in [0.1, 0.15) is 42.5 Å².